The highest BCUT2D eigenvalue weighted by molar-refractivity contribution is 6.13. The predicted octanol–water partition coefficient (Wildman–Crippen LogP) is 5.69. The first-order valence-corrected chi connectivity index (χ1v) is 9.28. The van der Waals surface area contributed by atoms with E-state index in [2.05, 4.69) is 56.5 Å². The molecule has 3 heteroatoms. The summed E-state index contributed by atoms with van der Waals surface area (Å²) < 4.78 is 8.58. The van der Waals surface area contributed by atoms with Gasteiger partial charge in [0.2, 0.25) is 5.69 Å². The van der Waals surface area contributed by atoms with E-state index in [1.807, 2.05) is 31.4 Å². The smallest absolute Gasteiger partial charge is 0.216 e. The van der Waals surface area contributed by atoms with E-state index in [0.29, 0.717) is 11.5 Å². The molecule has 4 rings (SSSR count). The molecule has 0 aliphatic rings. The molecule has 0 N–H and O–H groups in total. The molecule has 0 radical (unpaired) electrons. The fourth-order valence-electron chi connectivity index (χ4n) is 4.05. The summed E-state index contributed by atoms with van der Waals surface area (Å²) in [7, 11) is 2.04. The van der Waals surface area contributed by atoms with Crippen molar-refractivity contribution >= 4 is 21.9 Å². The summed E-state index contributed by atoms with van der Waals surface area (Å²) in [4.78, 5) is 0. The minimum Gasteiger partial charge on any atom is -0.455 e. The Morgan fingerprint density at radius 2 is 1.85 bits per heavy atom. The van der Waals surface area contributed by atoms with E-state index in [1.165, 1.54) is 5.56 Å². The first-order chi connectivity index (χ1) is 12.9. The van der Waals surface area contributed by atoms with E-state index in [9.17, 15) is 5.26 Å². The molecule has 0 fully saturated rings. The number of aryl methyl sites for hydroxylation is 3. The van der Waals surface area contributed by atoms with Crippen LogP contribution < -0.4 is 4.57 Å². The fourth-order valence-corrected chi connectivity index (χ4v) is 4.05. The van der Waals surface area contributed by atoms with E-state index in [-0.39, 0.29) is 0 Å². The Bertz CT molecular complexity index is 1240. The van der Waals surface area contributed by atoms with E-state index in [0.717, 1.165) is 44.3 Å². The molecule has 0 saturated heterocycles. The summed E-state index contributed by atoms with van der Waals surface area (Å²) in [5.74, 6) is 0.336. The van der Waals surface area contributed by atoms with E-state index in [1.54, 1.807) is 0 Å². The number of rotatable bonds is 2. The molecule has 3 nitrogen and oxygen atoms in total. The third kappa shape index (κ3) is 2.52. The third-order valence-corrected chi connectivity index (χ3v) is 5.46. The highest BCUT2D eigenvalue weighted by atomic mass is 16.3. The van der Waals surface area contributed by atoms with Crippen LogP contribution in [-0.4, -0.2) is 0 Å². The van der Waals surface area contributed by atoms with Crippen molar-refractivity contribution in [2.45, 2.75) is 33.6 Å². The lowest BCUT2D eigenvalue weighted by Gasteiger charge is -2.10. The molecule has 134 valence electrons. The number of pyridine rings is 1. The van der Waals surface area contributed by atoms with Gasteiger partial charge in [-0.1, -0.05) is 26.0 Å². The monoisotopic (exact) mass is 355 g/mol. The number of hydrogen-bond donors (Lipinski definition) is 0. The van der Waals surface area contributed by atoms with Crippen molar-refractivity contribution in [2.75, 3.05) is 0 Å². The van der Waals surface area contributed by atoms with Crippen molar-refractivity contribution in [3.05, 3.63) is 64.8 Å². The SMILES string of the molecule is Cc1ccc2c(oc3c(C)c(C(C)C)cc(C#N)c32)c1-c1cccc[n+]1C. The number of nitriles is 1. The highest BCUT2D eigenvalue weighted by Gasteiger charge is 2.23. The van der Waals surface area contributed by atoms with Crippen molar-refractivity contribution in [1.82, 2.24) is 0 Å². The summed E-state index contributed by atoms with van der Waals surface area (Å²) in [5, 5.41) is 11.7. The lowest BCUT2D eigenvalue weighted by Crippen LogP contribution is -2.30. The second-order valence-electron chi connectivity index (χ2n) is 7.54. The third-order valence-electron chi connectivity index (χ3n) is 5.46. The molecule has 2 heterocycles. The topological polar surface area (TPSA) is 40.8 Å². The molecule has 0 unspecified atom stereocenters. The zero-order chi connectivity index (χ0) is 19.3. The van der Waals surface area contributed by atoms with Crippen LogP contribution in [0.2, 0.25) is 0 Å². The summed E-state index contributed by atoms with van der Waals surface area (Å²) in [6.45, 7) is 8.50. The van der Waals surface area contributed by atoms with E-state index < -0.39 is 0 Å². The summed E-state index contributed by atoms with van der Waals surface area (Å²) in [5.41, 5.74) is 8.00. The van der Waals surface area contributed by atoms with Gasteiger partial charge < -0.3 is 4.42 Å². The first-order valence-electron chi connectivity index (χ1n) is 9.28. The summed E-state index contributed by atoms with van der Waals surface area (Å²) in [6, 6.07) is 14.8. The molecular weight excluding hydrogens is 332 g/mol. The Hall–Kier alpha value is -3.12. The number of aromatic nitrogens is 1. The zero-order valence-electron chi connectivity index (χ0n) is 16.4. The Balaban J connectivity index is 2.21. The molecule has 27 heavy (non-hydrogen) atoms. The molecule has 0 saturated carbocycles. The first kappa shape index (κ1) is 17.3. The Labute approximate surface area is 159 Å². The maximum Gasteiger partial charge on any atom is 0.216 e. The van der Waals surface area contributed by atoms with Crippen molar-refractivity contribution in [3.8, 4) is 17.3 Å². The second-order valence-corrected chi connectivity index (χ2v) is 7.54. The second kappa shape index (κ2) is 6.25. The van der Waals surface area contributed by atoms with Gasteiger partial charge in [0.15, 0.2) is 6.20 Å². The van der Waals surface area contributed by atoms with Crippen LogP contribution in [0.15, 0.2) is 47.0 Å². The van der Waals surface area contributed by atoms with Crippen molar-refractivity contribution in [2.24, 2.45) is 7.05 Å². The summed E-state index contributed by atoms with van der Waals surface area (Å²) in [6.07, 6.45) is 2.04. The molecule has 0 aliphatic carbocycles. The van der Waals surface area contributed by atoms with Gasteiger partial charge in [0.1, 0.15) is 18.2 Å². The number of nitrogens with zero attached hydrogens (tertiary/aromatic N) is 2. The molecule has 4 aromatic rings. The molecule has 0 bridgehead atoms. The average molecular weight is 355 g/mol. The minimum atomic E-state index is 0.336. The molecular formula is C24H23N2O+. The lowest BCUT2D eigenvalue weighted by molar-refractivity contribution is -0.660. The van der Waals surface area contributed by atoms with Crippen LogP contribution in [0.1, 0.15) is 42.0 Å². The minimum absolute atomic E-state index is 0.336. The van der Waals surface area contributed by atoms with Crippen LogP contribution >= 0.6 is 0 Å². The van der Waals surface area contributed by atoms with Crippen LogP contribution in [0.25, 0.3) is 33.2 Å². The number of furan rings is 1. The van der Waals surface area contributed by atoms with Crippen LogP contribution in [0.4, 0.5) is 0 Å². The van der Waals surface area contributed by atoms with Crippen LogP contribution in [0, 0.1) is 25.2 Å². The van der Waals surface area contributed by atoms with Gasteiger partial charge >= 0.3 is 0 Å². The van der Waals surface area contributed by atoms with E-state index >= 15 is 0 Å². The lowest BCUT2D eigenvalue weighted by atomic mass is 9.92. The molecule has 2 aromatic carbocycles. The van der Waals surface area contributed by atoms with Gasteiger partial charge in [0.05, 0.1) is 17.2 Å². The predicted molar refractivity (Wildman–Crippen MR) is 109 cm³/mol. The fraction of sp³-hybridized carbons (Fsp3) is 0.250. The molecule has 2 aromatic heterocycles. The van der Waals surface area contributed by atoms with Crippen LogP contribution in [0.5, 0.6) is 0 Å². The normalized spacial score (nSPS) is 11.4. The van der Waals surface area contributed by atoms with Crippen molar-refractivity contribution < 1.29 is 8.98 Å². The molecule has 0 spiro atoms. The Morgan fingerprint density at radius 3 is 2.52 bits per heavy atom. The average Bonchev–Trinajstić information content (AvgIpc) is 3.03. The quantitative estimate of drug-likeness (QED) is 0.433. The molecule has 0 aliphatic heterocycles. The van der Waals surface area contributed by atoms with Crippen molar-refractivity contribution in [1.29, 1.82) is 5.26 Å². The highest BCUT2D eigenvalue weighted by Crippen LogP contribution is 2.41. The van der Waals surface area contributed by atoms with Crippen LogP contribution in [0.3, 0.4) is 0 Å². The zero-order valence-corrected chi connectivity index (χ0v) is 16.4. The summed E-state index contributed by atoms with van der Waals surface area (Å²) >= 11 is 0. The Morgan fingerprint density at radius 1 is 1.07 bits per heavy atom. The van der Waals surface area contributed by atoms with Crippen molar-refractivity contribution in [3.63, 3.8) is 0 Å². The number of hydrogen-bond acceptors (Lipinski definition) is 2. The van der Waals surface area contributed by atoms with Gasteiger partial charge in [0, 0.05) is 22.9 Å². The van der Waals surface area contributed by atoms with Gasteiger partial charge in [-0.2, -0.15) is 5.26 Å². The number of benzene rings is 2. The van der Waals surface area contributed by atoms with Gasteiger partial charge in [-0.25, -0.2) is 4.57 Å². The molecule has 0 atom stereocenters. The maximum absolute atomic E-state index is 9.80. The Kier molecular flexibility index (Phi) is 4.00. The van der Waals surface area contributed by atoms with Gasteiger partial charge in [-0.05, 0) is 48.6 Å². The van der Waals surface area contributed by atoms with Gasteiger partial charge in [-0.3, -0.25) is 0 Å². The van der Waals surface area contributed by atoms with Crippen LogP contribution in [-0.2, 0) is 7.05 Å². The number of fused-ring (bicyclic) bond motifs is 3. The largest absolute Gasteiger partial charge is 0.455 e. The standard InChI is InChI=1S/C24H23N2O/c1-14(2)19-12-17(13-25)22-18-10-9-15(3)21(20-8-6-7-11-26(20)5)24(18)27-23(22)16(19)4/h6-12,14H,1-5H3/q+1. The van der Waals surface area contributed by atoms with Gasteiger partial charge in [-0.15, -0.1) is 0 Å². The van der Waals surface area contributed by atoms with E-state index in [4.69, 9.17) is 4.42 Å². The maximum atomic E-state index is 9.80. The molecule has 0 amide bonds. The van der Waals surface area contributed by atoms with Gasteiger partial charge in [0.25, 0.3) is 0 Å².